The van der Waals surface area contributed by atoms with Crippen molar-refractivity contribution in [2.24, 2.45) is 0 Å². The van der Waals surface area contributed by atoms with Gasteiger partial charge in [-0.05, 0) is 74.0 Å². The van der Waals surface area contributed by atoms with Gasteiger partial charge in [0.05, 0.1) is 13.2 Å². The molecule has 4 rings (SSSR count). The van der Waals surface area contributed by atoms with Gasteiger partial charge in [0.1, 0.15) is 11.5 Å². The summed E-state index contributed by atoms with van der Waals surface area (Å²) in [4.78, 5) is 14.5. The number of benzene rings is 3. The molecule has 4 heteroatoms. The number of hydrogen-bond acceptors (Lipinski definition) is 4. The Balaban J connectivity index is 1.80. The lowest BCUT2D eigenvalue weighted by Gasteiger charge is -2.08. The molecule has 3 nitrogen and oxygen atoms in total. The molecule has 0 amide bonds. The summed E-state index contributed by atoms with van der Waals surface area (Å²) in [5.41, 5.74) is 2.42. The number of rotatable bonds is 7. The van der Waals surface area contributed by atoms with E-state index < -0.39 is 0 Å². The maximum atomic E-state index is 13.5. The Bertz CT molecular complexity index is 1130. The SMILES string of the molecule is CCOc1ccc(C(=O)c2c(-c3ccc(OCC)cc3)sc3ccccc23)cc1. The van der Waals surface area contributed by atoms with Gasteiger partial charge in [0, 0.05) is 26.1 Å². The van der Waals surface area contributed by atoms with Crippen molar-refractivity contribution in [3.05, 3.63) is 83.9 Å². The van der Waals surface area contributed by atoms with Crippen molar-refractivity contribution >= 4 is 27.2 Å². The highest BCUT2D eigenvalue weighted by atomic mass is 32.1. The molecule has 1 heterocycles. The van der Waals surface area contributed by atoms with Gasteiger partial charge in [-0.3, -0.25) is 4.79 Å². The fourth-order valence-corrected chi connectivity index (χ4v) is 4.56. The van der Waals surface area contributed by atoms with Gasteiger partial charge in [0.2, 0.25) is 0 Å². The average molecular weight is 403 g/mol. The first-order valence-electron chi connectivity index (χ1n) is 9.73. The Hall–Kier alpha value is -3.11. The lowest BCUT2D eigenvalue weighted by atomic mass is 9.97. The maximum absolute atomic E-state index is 13.5. The van der Waals surface area contributed by atoms with Crippen LogP contribution in [0.1, 0.15) is 29.8 Å². The van der Waals surface area contributed by atoms with E-state index in [-0.39, 0.29) is 5.78 Å². The van der Waals surface area contributed by atoms with E-state index in [1.807, 2.05) is 80.6 Å². The van der Waals surface area contributed by atoms with Crippen LogP contribution in [0.3, 0.4) is 0 Å². The number of fused-ring (bicyclic) bond motifs is 1. The van der Waals surface area contributed by atoms with Crippen LogP contribution in [-0.2, 0) is 0 Å². The second-order valence-electron chi connectivity index (χ2n) is 6.55. The standard InChI is InChI=1S/C25H22O3S/c1-3-27-19-13-9-17(10-14-19)24(26)23-21-7-5-6-8-22(21)29-25(23)18-11-15-20(16-12-18)28-4-2/h5-16H,3-4H2,1-2H3. The van der Waals surface area contributed by atoms with E-state index in [4.69, 9.17) is 9.47 Å². The van der Waals surface area contributed by atoms with Crippen LogP contribution < -0.4 is 9.47 Å². The zero-order chi connectivity index (χ0) is 20.2. The Labute approximate surface area is 174 Å². The summed E-state index contributed by atoms with van der Waals surface area (Å²) in [5.74, 6) is 1.62. The summed E-state index contributed by atoms with van der Waals surface area (Å²) in [7, 11) is 0. The molecule has 0 bridgehead atoms. The van der Waals surface area contributed by atoms with Crippen LogP contribution >= 0.6 is 11.3 Å². The van der Waals surface area contributed by atoms with Crippen molar-refractivity contribution in [1.29, 1.82) is 0 Å². The molecule has 0 unspecified atom stereocenters. The molecular weight excluding hydrogens is 380 g/mol. The van der Waals surface area contributed by atoms with Crippen LogP contribution in [-0.4, -0.2) is 19.0 Å². The Morgan fingerprint density at radius 1 is 0.793 bits per heavy atom. The van der Waals surface area contributed by atoms with Crippen molar-refractivity contribution in [3.63, 3.8) is 0 Å². The van der Waals surface area contributed by atoms with Gasteiger partial charge in [-0.25, -0.2) is 0 Å². The third kappa shape index (κ3) is 3.89. The van der Waals surface area contributed by atoms with Gasteiger partial charge in [0.15, 0.2) is 5.78 Å². The maximum Gasteiger partial charge on any atom is 0.195 e. The largest absolute Gasteiger partial charge is 0.494 e. The molecule has 0 fully saturated rings. The van der Waals surface area contributed by atoms with Crippen molar-refractivity contribution in [1.82, 2.24) is 0 Å². The second-order valence-corrected chi connectivity index (χ2v) is 7.60. The number of ketones is 1. The van der Waals surface area contributed by atoms with Crippen molar-refractivity contribution < 1.29 is 14.3 Å². The Kier molecular flexibility index (Phi) is 5.63. The molecule has 0 radical (unpaired) electrons. The fraction of sp³-hybridized carbons (Fsp3) is 0.160. The smallest absolute Gasteiger partial charge is 0.195 e. The van der Waals surface area contributed by atoms with Gasteiger partial charge in [-0.2, -0.15) is 0 Å². The predicted molar refractivity (Wildman–Crippen MR) is 119 cm³/mol. The minimum Gasteiger partial charge on any atom is -0.494 e. The van der Waals surface area contributed by atoms with E-state index in [2.05, 4.69) is 6.07 Å². The molecule has 29 heavy (non-hydrogen) atoms. The highest BCUT2D eigenvalue weighted by molar-refractivity contribution is 7.22. The van der Waals surface area contributed by atoms with E-state index in [1.54, 1.807) is 11.3 Å². The average Bonchev–Trinajstić information content (AvgIpc) is 3.14. The topological polar surface area (TPSA) is 35.5 Å². The summed E-state index contributed by atoms with van der Waals surface area (Å²) in [5, 5.41) is 0.986. The third-order valence-corrected chi connectivity index (χ3v) is 5.90. The molecule has 0 saturated heterocycles. The molecule has 0 atom stereocenters. The molecule has 0 aliphatic rings. The first-order chi connectivity index (χ1) is 14.2. The van der Waals surface area contributed by atoms with E-state index >= 15 is 0 Å². The lowest BCUT2D eigenvalue weighted by molar-refractivity contribution is 0.104. The molecule has 1 aromatic heterocycles. The molecule has 4 aromatic rings. The number of hydrogen-bond donors (Lipinski definition) is 0. The summed E-state index contributed by atoms with van der Waals surface area (Å²) in [6.45, 7) is 5.14. The van der Waals surface area contributed by atoms with Crippen molar-refractivity contribution in [2.75, 3.05) is 13.2 Å². The number of carbonyl (C=O) groups is 1. The van der Waals surface area contributed by atoms with Crippen LogP contribution in [0, 0.1) is 0 Å². The number of ether oxygens (including phenoxy) is 2. The third-order valence-electron chi connectivity index (χ3n) is 4.68. The molecule has 0 spiro atoms. The van der Waals surface area contributed by atoms with Crippen LogP contribution in [0.25, 0.3) is 20.5 Å². The van der Waals surface area contributed by atoms with Crippen LogP contribution in [0.15, 0.2) is 72.8 Å². The minimum atomic E-state index is 0.0226. The quantitative estimate of drug-likeness (QED) is 0.327. The molecule has 0 saturated carbocycles. The summed E-state index contributed by atoms with van der Waals surface area (Å²) < 4.78 is 12.2. The minimum absolute atomic E-state index is 0.0226. The highest BCUT2D eigenvalue weighted by Gasteiger charge is 2.21. The highest BCUT2D eigenvalue weighted by Crippen LogP contribution is 2.40. The molecule has 0 N–H and O–H groups in total. The van der Waals surface area contributed by atoms with Crippen LogP contribution in [0.5, 0.6) is 11.5 Å². The van der Waals surface area contributed by atoms with Crippen molar-refractivity contribution in [2.45, 2.75) is 13.8 Å². The zero-order valence-corrected chi connectivity index (χ0v) is 17.3. The molecule has 3 aromatic carbocycles. The van der Waals surface area contributed by atoms with E-state index in [0.29, 0.717) is 18.8 Å². The van der Waals surface area contributed by atoms with Crippen LogP contribution in [0.4, 0.5) is 0 Å². The van der Waals surface area contributed by atoms with Gasteiger partial charge in [-0.1, -0.05) is 18.2 Å². The van der Waals surface area contributed by atoms with Crippen molar-refractivity contribution in [3.8, 4) is 21.9 Å². The summed E-state index contributed by atoms with van der Waals surface area (Å²) in [6, 6.07) is 23.4. The van der Waals surface area contributed by atoms with E-state index in [0.717, 1.165) is 37.6 Å². The second kappa shape index (κ2) is 8.50. The number of thiophene rings is 1. The normalized spacial score (nSPS) is 10.8. The molecular formula is C25H22O3S. The summed E-state index contributed by atoms with van der Waals surface area (Å²) in [6.07, 6.45) is 0. The van der Waals surface area contributed by atoms with Gasteiger partial charge in [0.25, 0.3) is 0 Å². The van der Waals surface area contributed by atoms with Crippen LogP contribution in [0.2, 0.25) is 0 Å². The summed E-state index contributed by atoms with van der Waals surface area (Å²) >= 11 is 1.64. The first kappa shape index (κ1) is 19.2. The first-order valence-corrected chi connectivity index (χ1v) is 10.5. The molecule has 0 aliphatic heterocycles. The van der Waals surface area contributed by atoms with Gasteiger partial charge in [-0.15, -0.1) is 11.3 Å². The van der Waals surface area contributed by atoms with E-state index in [9.17, 15) is 4.79 Å². The van der Waals surface area contributed by atoms with Gasteiger partial charge >= 0.3 is 0 Å². The Morgan fingerprint density at radius 3 is 2.00 bits per heavy atom. The predicted octanol–water partition coefficient (Wildman–Crippen LogP) is 6.60. The Morgan fingerprint density at radius 2 is 1.38 bits per heavy atom. The number of carbonyl (C=O) groups excluding carboxylic acids is 1. The molecule has 146 valence electrons. The zero-order valence-electron chi connectivity index (χ0n) is 16.5. The van der Waals surface area contributed by atoms with E-state index in [1.165, 1.54) is 0 Å². The monoisotopic (exact) mass is 402 g/mol. The fourth-order valence-electron chi connectivity index (χ4n) is 3.36. The molecule has 0 aliphatic carbocycles. The lowest BCUT2D eigenvalue weighted by Crippen LogP contribution is -2.02. The van der Waals surface area contributed by atoms with Gasteiger partial charge < -0.3 is 9.47 Å².